The van der Waals surface area contributed by atoms with Crippen LogP contribution in [0.3, 0.4) is 0 Å². The lowest BCUT2D eigenvalue weighted by Gasteiger charge is -2.32. The monoisotopic (exact) mass is 922 g/mol. The number of aliphatic hydroxyl groups excluding tert-OH is 1. The highest BCUT2D eigenvalue weighted by molar-refractivity contribution is 5.84. The average Bonchev–Trinajstić information content (AvgIpc) is 3.98. The molecule has 6 aliphatic rings. The molecule has 0 spiro atoms. The summed E-state index contributed by atoms with van der Waals surface area (Å²) in [7, 11) is 1.00. The molecular formula is C54H83N9O4. The molecule has 10 rings (SSSR count). The van der Waals surface area contributed by atoms with Crippen LogP contribution in [-0.2, 0) is 30.7 Å². The molecule has 4 saturated carbocycles. The average molecular weight is 922 g/mol. The quantitative estimate of drug-likeness (QED) is 0.0778. The van der Waals surface area contributed by atoms with E-state index in [1.54, 1.807) is 0 Å². The molecule has 2 amide bonds. The number of rotatable bonds is 3. The molecule has 67 heavy (non-hydrogen) atoms. The van der Waals surface area contributed by atoms with Gasteiger partial charge in [0.2, 0.25) is 0 Å². The second-order valence-electron chi connectivity index (χ2n) is 19.9. The first-order valence-electron chi connectivity index (χ1n) is 25.5. The van der Waals surface area contributed by atoms with Gasteiger partial charge in [-0.05, 0) is 87.9 Å². The van der Waals surface area contributed by atoms with Gasteiger partial charge in [-0.2, -0.15) is 10.2 Å². The maximum atomic E-state index is 12.7. The van der Waals surface area contributed by atoms with Crippen molar-refractivity contribution in [3.63, 3.8) is 0 Å². The summed E-state index contributed by atoms with van der Waals surface area (Å²) < 4.78 is 0. The summed E-state index contributed by atoms with van der Waals surface area (Å²) in [4.78, 5) is 25.3. The van der Waals surface area contributed by atoms with Crippen LogP contribution in [0.5, 0.6) is 0 Å². The molecule has 2 aromatic carbocycles. The lowest BCUT2D eigenvalue weighted by atomic mass is 9.87. The van der Waals surface area contributed by atoms with Crippen LogP contribution >= 0.6 is 0 Å². The van der Waals surface area contributed by atoms with E-state index < -0.39 is 0 Å². The van der Waals surface area contributed by atoms with Crippen LogP contribution < -0.4 is 16.4 Å². The molecule has 368 valence electrons. The molecule has 13 nitrogen and oxygen atoms in total. The number of hydrogen-bond donors (Lipinski definition) is 7. The number of nitrogens with one attached hydrogen (secondary N) is 4. The molecule has 0 radical (unpaired) electrons. The summed E-state index contributed by atoms with van der Waals surface area (Å²) in [5.41, 5.74) is 16.0. The van der Waals surface area contributed by atoms with Gasteiger partial charge in [0.1, 0.15) is 5.78 Å². The molecule has 4 fully saturated rings. The fraction of sp³-hybridized carbons (Fsp3) is 0.611. The van der Waals surface area contributed by atoms with Gasteiger partial charge in [-0.3, -0.25) is 15.0 Å². The van der Waals surface area contributed by atoms with Crippen LogP contribution in [-0.4, -0.2) is 85.4 Å². The first-order chi connectivity index (χ1) is 32.6. The van der Waals surface area contributed by atoms with E-state index in [0.29, 0.717) is 36.2 Å². The smallest absolute Gasteiger partial charge is 0.317 e. The Kier molecular flexibility index (Phi) is 22.6. The summed E-state index contributed by atoms with van der Waals surface area (Å²) in [5.74, 6) is 3.45. The van der Waals surface area contributed by atoms with E-state index in [1.807, 2.05) is 41.3 Å². The third-order valence-electron chi connectivity index (χ3n) is 14.0. The maximum Gasteiger partial charge on any atom is 0.317 e. The van der Waals surface area contributed by atoms with Crippen molar-refractivity contribution in [2.45, 2.75) is 168 Å². The van der Waals surface area contributed by atoms with Crippen LogP contribution in [0, 0.1) is 23.7 Å². The summed E-state index contributed by atoms with van der Waals surface area (Å²) >= 11 is 0. The molecule has 4 aromatic rings. The van der Waals surface area contributed by atoms with Crippen molar-refractivity contribution in [2.24, 2.45) is 34.6 Å². The van der Waals surface area contributed by atoms with Gasteiger partial charge in [-0.25, -0.2) is 4.79 Å². The Morgan fingerprint density at radius 1 is 0.701 bits per heavy atom. The number of nitrogens with two attached hydrogens (primary N) is 1. The number of carbonyl (C=O) groups excluding carboxylic acids is 2. The molecular weight excluding hydrogens is 839 g/mol. The highest BCUT2D eigenvalue weighted by Crippen LogP contribution is 2.30. The summed E-state index contributed by atoms with van der Waals surface area (Å²) in [5, 5.41) is 40.5. The zero-order valence-electron chi connectivity index (χ0n) is 41.4. The molecule has 0 bridgehead atoms. The van der Waals surface area contributed by atoms with Crippen molar-refractivity contribution in [2.75, 3.05) is 20.2 Å². The number of urea groups is 1. The Bertz CT molecular complexity index is 2060. The standard InChI is InChI=1S/C20H26N4O.C12H13N3.C7H13NO.C7H15N.C7H12O.CH4O/c1-14-6-5-9-16(12-14)21-20(25)24-11-10-18-17(13-24)19(23-22-18)15-7-3-2-4-8-15;1-2-4-9(5-3-1)12-10-8-13-7-6-11(10)14-15-12;1-6-3-2-4-7(5-6)8-9;2*1-6-3-2-4-7(8)5-6;1-2/h2-4,7-8,14,16H,5-6,9-13H2,1H3,(H,21,25)(H,22,23);1-5,13H,6-8H2,(H,14,15);6,9H,2-5H2,1H3;6-7H,2-5,8H2,1H3;6H,2-5H2,1H3;2H,1H3/b;;8-7-;;;. The van der Waals surface area contributed by atoms with Crippen molar-refractivity contribution >= 4 is 17.5 Å². The Morgan fingerprint density at radius 2 is 1.27 bits per heavy atom. The predicted molar refractivity (Wildman–Crippen MR) is 271 cm³/mol. The zero-order chi connectivity index (χ0) is 48.0. The van der Waals surface area contributed by atoms with Gasteiger partial charge in [0.05, 0.1) is 23.6 Å². The molecule has 4 aliphatic carbocycles. The maximum absolute atomic E-state index is 12.7. The number of benzene rings is 2. The summed E-state index contributed by atoms with van der Waals surface area (Å²) in [6, 6.07) is 21.4. The molecule has 2 aliphatic heterocycles. The molecule has 0 saturated heterocycles. The number of hydrogen-bond acceptors (Lipinski definition) is 9. The van der Waals surface area contributed by atoms with E-state index in [0.717, 1.165) is 130 Å². The second kappa shape index (κ2) is 28.5. The number of Topliss-reactive ketones (excluding diaryl/α,β-unsaturated/α-hetero) is 1. The van der Waals surface area contributed by atoms with Gasteiger partial charge in [0.25, 0.3) is 0 Å². The fourth-order valence-corrected chi connectivity index (χ4v) is 10.3. The van der Waals surface area contributed by atoms with Crippen molar-refractivity contribution in [3.8, 4) is 22.5 Å². The minimum atomic E-state index is 0.0740. The number of aromatic amines is 2. The molecule has 6 unspecified atom stereocenters. The topological polar surface area (TPSA) is 198 Å². The first kappa shape index (κ1) is 53.1. The van der Waals surface area contributed by atoms with Gasteiger partial charge >= 0.3 is 6.03 Å². The van der Waals surface area contributed by atoms with Gasteiger partial charge in [0.15, 0.2) is 0 Å². The van der Waals surface area contributed by atoms with Crippen LogP contribution in [0.1, 0.15) is 153 Å². The minimum absolute atomic E-state index is 0.0740. The third kappa shape index (κ3) is 17.3. The minimum Gasteiger partial charge on any atom is -0.411 e. The number of aromatic nitrogens is 4. The van der Waals surface area contributed by atoms with Gasteiger partial charge in [-0.1, -0.05) is 119 Å². The van der Waals surface area contributed by atoms with E-state index in [-0.39, 0.29) is 6.03 Å². The van der Waals surface area contributed by atoms with Gasteiger partial charge in [0, 0.05) is 98.2 Å². The Hall–Kier alpha value is -4.85. The van der Waals surface area contributed by atoms with E-state index in [9.17, 15) is 9.59 Å². The highest BCUT2D eigenvalue weighted by atomic mass is 16.4. The number of fused-ring (bicyclic) bond motifs is 2. The van der Waals surface area contributed by atoms with Gasteiger partial charge in [-0.15, -0.1) is 0 Å². The van der Waals surface area contributed by atoms with Crippen molar-refractivity contribution < 1.29 is 19.9 Å². The number of carbonyl (C=O) groups is 2. The van der Waals surface area contributed by atoms with Crippen LogP contribution in [0.4, 0.5) is 4.79 Å². The Balaban J connectivity index is 0.000000170. The van der Waals surface area contributed by atoms with Crippen LogP contribution in [0.25, 0.3) is 22.5 Å². The largest absolute Gasteiger partial charge is 0.411 e. The number of ketones is 1. The number of oxime groups is 1. The SMILES string of the molecule is CC1CCC/C(=N/O)C1.CC1CCCC(=O)C1.CC1CCCC(N)C1.CC1CCCC(NC(=O)N2CCc3[nH]nc(-c4ccccc4)c3C2)C1.CO.c1ccc(-c2n[nH]c3c2CNCC3)cc1. The zero-order valence-corrected chi connectivity index (χ0v) is 41.4. The van der Waals surface area contributed by atoms with E-state index in [1.165, 1.54) is 74.6 Å². The summed E-state index contributed by atoms with van der Waals surface area (Å²) in [6.07, 6.45) is 20.4. The van der Waals surface area contributed by atoms with E-state index in [4.69, 9.17) is 16.0 Å². The predicted octanol–water partition coefficient (Wildman–Crippen LogP) is 10.4. The van der Waals surface area contributed by atoms with Crippen molar-refractivity contribution in [1.29, 1.82) is 0 Å². The number of H-pyrrole nitrogens is 2. The number of amides is 2. The second-order valence-corrected chi connectivity index (χ2v) is 19.9. The van der Waals surface area contributed by atoms with Gasteiger partial charge < -0.3 is 31.6 Å². The van der Waals surface area contributed by atoms with E-state index >= 15 is 0 Å². The lowest BCUT2D eigenvalue weighted by molar-refractivity contribution is -0.121. The van der Waals surface area contributed by atoms with E-state index in [2.05, 4.69) is 88.1 Å². The highest BCUT2D eigenvalue weighted by Gasteiger charge is 2.28. The molecule has 8 N–H and O–H groups in total. The molecule has 4 heterocycles. The molecule has 13 heteroatoms. The van der Waals surface area contributed by atoms with Crippen molar-refractivity contribution in [1.82, 2.24) is 35.9 Å². The molecule has 6 atom stereocenters. The third-order valence-corrected chi connectivity index (χ3v) is 14.0. The van der Waals surface area contributed by atoms with Crippen LogP contribution in [0.15, 0.2) is 65.8 Å². The Morgan fingerprint density at radius 3 is 1.79 bits per heavy atom. The normalized spacial score (nSPS) is 24.9. The lowest BCUT2D eigenvalue weighted by Crippen LogP contribution is -2.47. The summed E-state index contributed by atoms with van der Waals surface area (Å²) in [6.45, 7) is 12.3. The fourth-order valence-electron chi connectivity index (χ4n) is 10.3. The first-order valence-corrected chi connectivity index (χ1v) is 25.5. The van der Waals surface area contributed by atoms with Crippen molar-refractivity contribution in [3.05, 3.63) is 83.2 Å². The number of nitrogens with zero attached hydrogens (tertiary/aromatic N) is 4. The molecule has 2 aromatic heterocycles. The van der Waals surface area contributed by atoms with Crippen LogP contribution in [0.2, 0.25) is 0 Å². The number of aliphatic hydroxyl groups is 1. The Labute approximate surface area is 400 Å².